The summed E-state index contributed by atoms with van der Waals surface area (Å²) in [7, 11) is 0. The number of likely N-dealkylation sites (N-methyl/N-ethyl adjacent to an activating group) is 1. The standard InChI is InChI=1S/C17H19F3N2O4/c1-3-15(24)22(4-2)10-14(23)21-16(17(18,19)20)11-5-6-12-13(9-11)26-8-7-25-12/h3,5-6,9,16H,1,4,7-8,10H2,2H3,(H,21,23). The lowest BCUT2D eigenvalue weighted by Crippen LogP contribution is -2.44. The first-order chi connectivity index (χ1) is 12.3. The summed E-state index contributed by atoms with van der Waals surface area (Å²) in [5.74, 6) is -0.931. The number of halogens is 3. The van der Waals surface area contributed by atoms with Crippen LogP contribution in [0.5, 0.6) is 11.5 Å². The summed E-state index contributed by atoms with van der Waals surface area (Å²) < 4.78 is 51.0. The zero-order valence-electron chi connectivity index (χ0n) is 14.1. The number of hydrogen-bond acceptors (Lipinski definition) is 4. The Kier molecular flexibility index (Phi) is 6.12. The van der Waals surface area contributed by atoms with Crippen LogP contribution in [0.4, 0.5) is 13.2 Å². The van der Waals surface area contributed by atoms with E-state index in [-0.39, 0.29) is 24.5 Å². The number of carbonyl (C=O) groups is 2. The van der Waals surface area contributed by atoms with Gasteiger partial charge in [0.25, 0.3) is 0 Å². The average Bonchev–Trinajstić information content (AvgIpc) is 2.62. The Morgan fingerprint density at radius 2 is 1.96 bits per heavy atom. The van der Waals surface area contributed by atoms with Crippen LogP contribution in [-0.2, 0) is 9.59 Å². The largest absolute Gasteiger partial charge is 0.486 e. The molecular weight excluding hydrogens is 353 g/mol. The number of ether oxygens (including phenoxy) is 2. The molecule has 9 heteroatoms. The van der Waals surface area contributed by atoms with Gasteiger partial charge < -0.3 is 19.7 Å². The van der Waals surface area contributed by atoms with Gasteiger partial charge in [-0.25, -0.2) is 0 Å². The molecule has 1 heterocycles. The molecule has 1 unspecified atom stereocenters. The summed E-state index contributed by atoms with van der Waals surface area (Å²) in [4.78, 5) is 24.7. The van der Waals surface area contributed by atoms with Crippen LogP contribution in [0.15, 0.2) is 30.9 Å². The van der Waals surface area contributed by atoms with Crippen LogP contribution < -0.4 is 14.8 Å². The Morgan fingerprint density at radius 3 is 2.54 bits per heavy atom. The lowest BCUT2D eigenvalue weighted by molar-refractivity contribution is -0.164. The molecule has 26 heavy (non-hydrogen) atoms. The van der Waals surface area contributed by atoms with Crippen LogP contribution in [0.2, 0.25) is 0 Å². The van der Waals surface area contributed by atoms with Crippen molar-refractivity contribution in [2.24, 2.45) is 0 Å². The SMILES string of the molecule is C=CC(=O)N(CC)CC(=O)NC(c1ccc2c(c1)OCCO2)C(F)(F)F. The van der Waals surface area contributed by atoms with E-state index in [0.29, 0.717) is 12.4 Å². The summed E-state index contributed by atoms with van der Waals surface area (Å²) in [6.07, 6.45) is -3.72. The number of alkyl halides is 3. The van der Waals surface area contributed by atoms with E-state index < -0.39 is 30.6 Å². The second kappa shape index (κ2) is 8.11. The van der Waals surface area contributed by atoms with Crippen LogP contribution in [0.25, 0.3) is 0 Å². The lowest BCUT2D eigenvalue weighted by atomic mass is 10.1. The second-order valence-electron chi connectivity index (χ2n) is 5.50. The predicted octanol–water partition coefficient (Wildman–Crippen LogP) is 2.21. The summed E-state index contributed by atoms with van der Waals surface area (Å²) in [5, 5.41) is 1.94. The first-order valence-electron chi connectivity index (χ1n) is 7.93. The number of amides is 2. The van der Waals surface area contributed by atoms with Gasteiger partial charge in [0.1, 0.15) is 13.2 Å². The minimum Gasteiger partial charge on any atom is -0.486 e. The van der Waals surface area contributed by atoms with Crippen LogP contribution >= 0.6 is 0 Å². The van der Waals surface area contributed by atoms with Crippen molar-refractivity contribution in [3.8, 4) is 11.5 Å². The van der Waals surface area contributed by atoms with E-state index >= 15 is 0 Å². The molecule has 1 aromatic carbocycles. The maximum absolute atomic E-state index is 13.5. The van der Waals surface area contributed by atoms with E-state index in [2.05, 4.69) is 6.58 Å². The minimum atomic E-state index is -4.72. The van der Waals surface area contributed by atoms with E-state index in [0.717, 1.165) is 11.0 Å². The van der Waals surface area contributed by atoms with E-state index in [4.69, 9.17) is 9.47 Å². The number of benzene rings is 1. The molecule has 0 fully saturated rings. The molecule has 0 aliphatic carbocycles. The zero-order chi connectivity index (χ0) is 19.3. The van der Waals surface area contributed by atoms with Gasteiger partial charge in [0, 0.05) is 6.54 Å². The molecule has 1 aliphatic heterocycles. The maximum atomic E-state index is 13.5. The van der Waals surface area contributed by atoms with Gasteiger partial charge in [-0.3, -0.25) is 9.59 Å². The van der Waals surface area contributed by atoms with Crippen molar-refractivity contribution in [1.82, 2.24) is 10.2 Å². The van der Waals surface area contributed by atoms with Gasteiger partial charge >= 0.3 is 6.18 Å². The molecule has 1 N–H and O–H groups in total. The Labute approximate surface area is 148 Å². The van der Waals surface area contributed by atoms with E-state index in [9.17, 15) is 22.8 Å². The highest BCUT2D eigenvalue weighted by Gasteiger charge is 2.42. The van der Waals surface area contributed by atoms with E-state index in [1.54, 1.807) is 6.92 Å². The summed E-state index contributed by atoms with van der Waals surface area (Å²) in [6.45, 7) is 5.12. The van der Waals surface area contributed by atoms with Crippen molar-refractivity contribution in [3.05, 3.63) is 36.4 Å². The topological polar surface area (TPSA) is 67.9 Å². The van der Waals surface area contributed by atoms with Gasteiger partial charge in [-0.1, -0.05) is 12.6 Å². The molecule has 0 aromatic heterocycles. The van der Waals surface area contributed by atoms with Crippen molar-refractivity contribution in [1.29, 1.82) is 0 Å². The summed E-state index contributed by atoms with van der Waals surface area (Å²) in [6, 6.07) is 1.55. The summed E-state index contributed by atoms with van der Waals surface area (Å²) >= 11 is 0. The van der Waals surface area contributed by atoms with Crippen molar-refractivity contribution >= 4 is 11.8 Å². The minimum absolute atomic E-state index is 0.166. The van der Waals surface area contributed by atoms with Gasteiger partial charge in [-0.05, 0) is 30.7 Å². The van der Waals surface area contributed by atoms with Gasteiger partial charge in [0.15, 0.2) is 17.5 Å². The summed E-state index contributed by atoms with van der Waals surface area (Å²) in [5.41, 5.74) is -0.187. The van der Waals surface area contributed by atoms with Crippen molar-refractivity contribution in [2.45, 2.75) is 19.1 Å². The highest BCUT2D eigenvalue weighted by Crippen LogP contribution is 2.38. The van der Waals surface area contributed by atoms with Gasteiger partial charge in [-0.15, -0.1) is 0 Å². The quantitative estimate of drug-likeness (QED) is 0.778. The molecule has 0 saturated carbocycles. The molecule has 1 aliphatic rings. The third-order valence-corrected chi connectivity index (χ3v) is 3.73. The molecule has 0 saturated heterocycles. The first-order valence-corrected chi connectivity index (χ1v) is 7.93. The third kappa shape index (κ3) is 4.68. The molecule has 6 nitrogen and oxygen atoms in total. The third-order valence-electron chi connectivity index (χ3n) is 3.73. The van der Waals surface area contributed by atoms with Crippen molar-refractivity contribution in [3.63, 3.8) is 0 Å². The fourth-order valence-corrected chi connectivity index (χ4v) is 2.45. The Bertz CT molecular complexity index is 691. The van der Waals surface area contributed by atoms with E-state index in [1.165, 1.54) is 18.2 Å². The van der Waals surface area contributed by atoms with E-state index in [1.807, 2.05) is 5.32 Å². The number of hydrogen-bond donors (Lipinski definition) is 1. The monoisotopic (exact) mass is 372 g/mol. The van der Waals surface area contributed by atoms with Gasteiger partial charge in [0.05, 0.1) is 6.54 Å². The van der Waals surface area contributed by atoms with Crippen molar-refractivity contribution < 1.29 is 32.2 Å². The van der Waals surface area contributed by atoms with Crippen LogP contribution in [-0.4, -0.2) is 49.2 Å². The number of nitrogens with zero attached hydrogens (tertiary/aromatic N) is 1. The number of rotatable bonds is 6. The number of fused-ring (bicyclic) bond motifs is 1. The zero-order valence-corrected chi connectivity index (χ0v) is 14.1. The fourth-order valence-electron chi connectivity index (χ4n) is 2.45. The Balaban J connectivity index is 2.19. The molecule has 0 bridgehead atoms. The normalized spacial score (nSPS) is 14.3. The Hall–Kier alpha value is -2.71. The molecule has 142 valence electrons. The second-order valence-corrected chi connectivity index (χ2v) is 5.50. The highest BCUT2D eigenvalue weighted by atomic mass is 19.4. The predicted molar refractivity (Wildman–Crippen MR) is 86.8 cm³/mol. The van der Waals surface area contributed by atoms with Gasteiger partial charge in [-0.2, -0.15) is 13.2 Å². The molecule has 1 atom stereocenters. The highest BCUT2D eigenvalue weighted by molar-refractivity contribution is 5.91. The van der Waals surface area contributed by atoms with Crippen molar-refractivity contribution in [2.75, 3.05) is 26.3 Å². The smallest absolute Gasteiger partial charge is 0.412 e. The van der Waals surface area contributed by atoms with Gasteiger partial charge in [0.2, 0.25) is 11.8 Å². The molecule has 2 amide bonds. The molecular formula is C17H19F3N2O4. The number of carbonyl (C=O) groups excluding carboxylic acids is 2. The molecule has 0 spiro atoms. The Morgan fingerprint density at radius 1 is 1.31 bits per heavy atom. The maximum Gasteiger partial charge on any atom is 0.412 e. The lowest BCUT2D eigenvalue weighted by Gasteiger charge is -2.26. The van der Waals surface area contributed by atoms with Crippen LogP contribution in [0.3, 0.4) is 0 Å². The average molecular weight is 372 g/mol. The first kappa shape index (κ1) is 19.6. The van der Waals surface area contributed by atoms with Crippen LogP contribution in [0.1, 0.15) is 18.5 Å². The molecule has 0 radical (unpaired) electrons. The molecule has 1 aromatic rings. The number of nitrogens with one attached hydrogen (secondary N) is 1. The van der Waals surface area contributed by atoms with Crippen LogP contribution in [0, 0.1) is 0 Å². The molecule has 2 rings (SSSR count). The fraction of sp³-hybridized carbons (Fsp3) is 0.412.